The number of pyridine rings is 1. The van der Waals surface area contributed by atoms with Gasteiger partial charge in [-0.15, -0.1) is 0 Å². The van der Waals surface area contributed by atoms with Crippen LogP contribution in [0.25, 0.3) is 11.3 Å². The number of rotatable bonds is 7. The molecule has 174 valence electrons. The van der Waals surface area contributed by atoms with Crippen molar-refractivity contribution in [2.24, 2.45) is 0 Å². The molecule has 0 fully saturated rings. The second-order valence-electron chi connectivity index (χ2n) is 6.96. The first-order chi connectivity index (χ1) is 16.2. The Kier molecular flexibility index (Phi) is 6.32. The largest absolute Gasteiger partial charge is 0.435 e. The van der Waals surface area contributed by atoms with Crippen LogP contribution in [0, 0.1) is 17.5 Å². The summed E-state index contributed by atoms with van der Waals surface area (Å²) in [6.07, 6.45) is 2.70. The van der Waals surface area contributed by atoms with Crippen molar-refractivity contribution in [2.75, 3.05) is 10.5 Å². The summed E-state index contributed by atoms with van der Waals surface area (Å²) in [7, 11) is -4.24. The Labute approximate surface area is 192 Å². The van der Waals surface area contributed by atoms with Crippen LogP contribution in [-0.2, 0) is 15.8 Å². The second kappa shape index (κ2) is 9.35. The van der Waals surface area contributed by atoms with E-state index in [1.165, 1.54) is 36.7 Å². The van der Waals surface area contributed by atoms with Gasteiger partial charge in [0, 0.05) is 18.5 Å². The zero-order chi connectivity index (χ0) is 24.3. The number of hydrogen-bond donors (Lipinski definition) is 2. The highest BCUT2D eigenvalue weighted by molar-refractivity contribution is 7.91. The third kappa shape index (κ3) is 5.07. The van der Waals surface area contributed by atoms with Gasteiger partial charge < -0.3 is 10.5 Å². The molecule has 0 unspecified atom stereocenters. The van der Waals surface area contributed by atoms with E-state index in [2.05, 4.69) is 15.0 Å². The van der Waals surface area contributed by atoms with Crippen molar-refractivity contribution in [1.82, 2.24) is 15.0 Å². The summed E-state index contributed by atoms with van der Waals surface area (Å²) in [5, 5.41) is 0. The van der Waals surface area contributed by atoms with Crippen LogP contribution in [0.5, 0.6) is 11.6 Å². The summed E-state index contributed by atoms with van der Waals surface area (Å²) < 4.78 is 75.9. The molecule has 0 aliphatic rings. The van der Waals surface area contributed by atoms with Crippen LogP contribution in [0.1, 0.15) is 5.56 Å². The van der Waals surface area contributed by atoms with Crippen molar-refractivity contribution < 1.29 is 26.3 Å². The Morgan fingerprint density at radius 2 is 1.71 bits per heavy atom. The lowest BCUT2D eigenvalue weighted by molar-refractivity contribution is 0.401. The van der Waals surface area contributed by atoms with Gasteiger partial charge in [-0.1, -0.05) is 30.3 Å². The number of halogens is 3. The fourth-order valence-electron chi connectivity index (χ4n) is 3.02. The third-order valence-electron chi connectivity index (χ3n) is 4.51. The van der Waals surface area contributed by atoms with Gasteiger partial charge in [-0.2, -0.15) is 4.39 Å². The van der Waals surface area contributed by atoms with E-state index in [4.69, 9.17) is 10.5 Å². The number of ether oxygens (including phenoxy) is 1. The number of nitrogens with two attached hydrogens (primary N) is 1. The van der Waals surface area contributed by atoms with Crippen molar-refractivity contribution in [3.63, 3.8) is 0 Å². The van der Waals surface area contributed by atoms with Crippen LogP contribution >= 0.6 is 0 Å². The van der Waals surface area contributed by atoms with Gasteiger partial charge in [0.2, 0.25) is 27.7 Å². The smallest absolute Gasteiger partial charge is 0.237 e. The van der Waals surface area contributed by atoms with E-state index in [1.54, 1.807) is 29.0 Å². The molecule has 4 rings (SSSR count). The molecule has 34 heavy (non-hydrogen) atoms. The molecule has 0 saturated carbocycles. The predicted octanol–water partition coefficient (Wildman–Crippen LogP) is 4.27. The lowest BCUT2D eigenvalue weighted by Crippen LogP contribution is -2.17. The molecule has 0 amide bonds. The molecule has 2 aromatic carbocycles. The first-order valence-corrected chi connectivity index (χ1v) is 11.3. The molecule has 0 bridgehead atoms. The number of nitrogen functional groups attached to an aromatic ring is 1. The van der Waals surface area contributed by atoms with Gasteiger partial charge in [-0.3, -0.25) is 4.72 Å². The third-order valence-corrected chi connectivity index (χ3v) is 5.74. The molecule has 2 aromatic heterocycles. The van der Waals surface area contributed by atoms with Crippen molar-refractivity contribution >= 4 is 21.7 Å². The zero-order valence-corrected chi connectivity index (χ0v) is 18.1. The Morgan fingerprint density at radius 3 is 2.44 bits per heavy atom. The molecule has 0 spiro atoms. The summed E-state index contributed by atoms with van der Waals surface area (Å²) >= 11 is 0. The normalized spacial score (nSPS) is 11.3. The number of benzene rings is 2. The molecule has 4 aromatic rings. The van der Waals surface area contributed by atoms with Gasteiger partial charge in [0.25, 0.3) is 0 Å². The number of nitrogens with zero attached hydrogens (tertiary/aromatic N) is 3. The van der Waals surface area contributed by atoms with E-state index in [9.17, 15) is 21.6 Å². The Hall–Kier alpha value is -4.19. The van der Waals surface area contributed by atoms with Crippen molar-refractivity contribution in [3.8, 4) is 22.9 Å². The Morgan fingerprint density at radius 1 is 0.941 bits per heavy atom. The zero-order valence-electron chi connectivity index (χ0n) is 17.2. The van der Waals surface area contributed by atoms with Gasteiger partial charge in [0.1, 0.15) is 5.69 Å². The van der Waals surface area contributed by atoms with Crippen LogP contribution in [0.3, 0.4) is 0 Å². The fraction of sp³-hybridized carbons (Fsp3) is 0.0455. The maximum absolute atomic E-state index is 14.8. The minimum atomic E-state index is -4.24. The Balaban J connectivity index is 1.64. The summed E-state index contributed by atoms with van der Waals surface area (Å²) in [6.45, 7) is 0. The molecule has 12 heteroatoms. The standard InChI is InChI=1S/C22H16F3N5O3S/c23-15-11-17(33-21-14(7-4-9-27-21)16-8-10-28-22(26)29-16)18(24)19(25)20(15)30-34(31,32)12-13-5-2-1-3-6-13/h1-11,30H,12H2,(H2,26,28,29). The van der Waals surface area contributed by atoms with Gasteiger partial charge in [-0.05, 0) is 23.8 Å². The first kappa shape index (κ1) is 23.0. The van der Waals surface area contributed by atoms with Crippen LogP contribution in [0.15, 0.2) is 67.0 Å². The molecule has 2 heterocycles. The molecule has 0 saturated heterocycles. The van der Waals surface area contributed by atoms with Gasteiger partial charge in [0.05, 0.1) is 17.0 Å². The molecule has 0 aliphatic carbocycles. The highest BCUT2D eigenvalue weighted by Crippen LogP contribution is 2.35. The minimum Gasteiger partial charge on any atom is -0.435 e. The summed E-state index contributed by atoms with van der Waals surface area (Å²) in [4.78, 5) is 11.8. The van der Waals surface area contributed by atoms with E-state index in [0.29, 0.717) is 11.6 Å². The van der Waals surface area contributed by atoms with Crippen LogP contribution < -0.4 is 15.2 Å². The van der Waals surface area contributed by atoms with Crippen molar-refractivity contribution in [2.45, 2.75) is 5.75 Å². The Bertz CT molecular complexity index is 1450. The van der Waals surface area contributed by atoms with Gasteiger partial charge >= 0.3 is 0 Å². The first-order valence-electron chi connectivity index (χ1n) is 9.67. The summed E-state index contributed by atoms with van der Waals surface area (Å²) in [5.41, 5.74) is 5.33. The topological polar surface area (TPSA) is 120 Å². The minimum absolute atomic E-state index is 0.0392. The van der Waals surface area contributed by atoms with Gasteiger partial charge in [0.15, 0.2) is 17.4 Å². The fourth-order valence-corrected chi connectivity index (χ4v) is 4.22. The molecular weight excluding hydrogens is 471 g/mol. The number of nitrogens with one attached hydrogen (secondary N) is 1. The predicted molar refractivity (Wildman–Crippen MR) is 119 cm³/mol. The molecular formula is C22H16F3N5O3S. The number of anilines is 2. The second-order valence-corrected chi connectivity index (χ2v) is 8.69. The summed E-state index contributed by atoms with van der Waals surface area (Å²) in [5.74, 6) is -6.42. The van der Waals surface area contributed by atoms with Crippen molar-refractivity contribution in [3.05, 3.63) is 90.0 Å². The van der Waals surface area contributed by atoms with Crippen LogP contribution in [0.2, 0.25) is 0 Å². The molecule has 3 N–H and O–H groups in total. The molecule has 0 aliphatic heterocycles. The number of sulfonamides is 1. The van der Waals surface area contributed by atoms with E-state index in [1.807, 2.05) is 0 Å². The van der Waals surface area contributed by atoms with Crippen molar-refractivity contribution in [1.29, 1.82) is 0 Å². The number of aromatic nitrogens is 3. The molecule has 8 nitrogen and oxygen atoms in total. The van der Waals surface area contributed by atoms with Crippen LogP contribution in [-0.4, -0.2) is 23.4 Å². The van der Waals surface area contributed by atoms with E-state index >= 15 is 0 Å². The lowest BCUT2D eigenvalue weighted by Gasteiger charge is -2.14. The quantitative estimate of drug-likeness (QED) is 0.374. The van der Waals surface area contributed by atoms with E-state index in [0.717, 1.165) is 0 Å². The highest BCUT2D eigenvalue weighted by atomic mass is 32.2. The van der Waals surface area contributed by atoms with Gasteiger partial charge in [-0.25, -0.2) is 32.2 Å². The molecule has 0 atom stereocenters. The SMILES string of the molecule is Nc1nccc(-c2cccnc2Oc2cc(F)c(NS(=O)(=O)Cc3ccccc3)c(F)c2F)n1. The number of hydrogen-bond acceptors (Lipinski definition) is 7. The van der Waals surface area contributed by atoms with E-state index in [-0.39, 0.29) is 23.1 Å². The van der Waals surface area contributed by atoms with Crippen LogP contribution in [0.4, 0.5) is 24.8 Å². The maximum atomic E-state index is 14.8. The average Bonchev–Trinajstić information content (AvgIpc) is 2.81. The molecule has 0 radical (unpaired) electrons. The van der Waals surface area contributed by atoms with E-state index < -0.39 is 44.7 Å². The monoisotopic (exact) mass is 487 g/mol. The lowest BCUT2D eigenvalue weighted by atomic mass is 10.2. The summed E-state index contributed by atoms with van der Waals surface area (Å²) in [6, 6.07) is 13.0. The average molecular weight is 487 g/mol. The highest BCUT2D eigenvalue weighted by Gasteiger charge is 2.25. The maximum Gasteiger partial charge on any atom is 0.237 e.